The molecule has 0 spiro atoms. The Kier molecular flexibility index (Phi) is 6.40. The number of anilines is 1. The summed E-state index contributed by atoms with van der Waals surface area (Å²) in [5.41, 5.74) is 2.92. The molecule has 162 valence electrons. The van der Waals surface area contributed by atoms with Gasteiger partial charge < -0.3 is 5.32 Å². The van der Waals surface area contributed by atoms with E-state index in [1.807, 2.05) is 31.2 Å². The third-order valence-corrected chi connectivity index (χ3v) is 8.44. The van der Waals surface area contributed by atoms with Crippen molar-refractivity contribution < 1.29 is 13.2 Å². The number of hydrogen-bond donors (Lipinski definition) is 1. The number of hydrogen-bond acceptors (Lipinski definition) is 6. The molecule has 9 heteroatoms. The van der Waals surface area contributed by atoms with Gasteiger partial charge in [0.2, 0.25) is 15.9 Å². The minimum atomic E-state index is -3.44. The highest BCUT2D eigenvalue weighted by atomic mass is 32.2. The van der Waals surface area contributed by atoms with Crippen molar-refractivity contribution in [2.45, 2.75) is 32.7 Å². The van der Waals surface area contributed by atoms with Crippen molar-refractivity contribution in [2.24, 2.45) is 5.92 Å². The van der Waals surface area contributed by atoms with E-state index < -0.39 is 10.0 Å². The Morgan fingerprint density at radius 3 is 2.73 bits per heavy atom. The van der Waals surface area contributed by atoms with Crippen molar-refractivity contribution in [1.29, 1.82) is 0 Å². The zero-order valence-corrected chi connectivity index (χ0v) is 18.8. The molecule has 1 aromatic carbocycles. The van der Waals surface area contributed by atoms with Crippen molar-refractivity contribution >= 4 is 33.0 Å². The van der Waals surface area contributed by atoms with E-state index in [-0.39, 0.29) is 24.1 Å². The molecule has 4 rings (SSSR count). The number of amides is 1. The van der Waals surface area contributed by atoms with Gasteiger partial charge in [0.15, 0.2) is 0 Å². The molecular formula is C21H28N4O3S2. The maximum atomic E-state index is 12.7. The van der Waals surface area contributed by atoms with Gasteiger partial charge in [-0.1, -0.05) is 18.2 Å². The molecule has 0 atom stereocenters. The Labute approximate surface area is 182 Å². The lowest BCUT2D eigenvalue weighted by Crippen LogP contribution is -2.42. The molecule has 1 N–H and O–H groups in total. The van der Waals surface area contributed by atoms with Crippen LogP contribution >= 0.6 is 11.3 Å². The lowest BCUT2D eigenvalue weighted by Gasteiger charge is -2.30. The van der Waals surface area contributed by atoms with Crippen LogP contribution in [0.5, 0.6) is 0 Å². The summed E-state index contributed by atoms with van der Waals surface area (Å²) in [6.07, 6.45) is 2.32. The van der Waals surface area contributed by atoms with E-state index >= 15 is 0 Å². The average Bonchev–Trinajstić information content (AvgIpc) is 3.34. The lowest BCUT2D eigenvalue weighted by molar-refractivity contribution is -0.126. The predicted molar refractivity (Wildman–Crippen MR) is 119 cm³/mol. The molecule has 0 saturated carbocycles. The van der Waals surface area contributed by atoms with Crippen molar-refractivity contribution in [3.8, 4) is 0 Å². The topological polar surface area (TPSA) is 82.6 Å². The number of thiazole rings is 1. The maximum absolute atomic E-state index is 12.7. The molecule has 7 nitrogen and oxygen atoms in total. The van der Waals surface area contributed by atoms with E-state index in [0.717, 1.165) is 60.8 Å². The number of sulfonamides is 1. The summed E-state index contributed by atoms with van der Waals surface area (Å²) in [6.45, 7) is 5.18. The number of carbonyl (C=O) groups excluding carboxylic acids is 1. The van der Waals surface area contributed by atoms with Crippen molar-refractivity contribution in [1.82, 2.24) is 15.2 Å². The van der Waals surface area contributed by atoms with Gasteiger partial charge in [0.05, 0.1) is 22.1 Å². The number of nitrogens with one attached hydrogen (secondary N) is 1. The average molecular weight is 449 g/mol. The van der Waals surface area contributed by atoms with E-state index in [9.17, 15) is 13.2 Å². The fourth-order valence-electron chi connectivity index (χ4n) is 4.22. The van der Waals surface area contributed by atoms with Crippen LogP contribution in [0.2, 0.25) is 0 Å². The SMILES string of the molecule is Cc1nc(CN2CCC(C(=O)NCCS(=O)(=O)N3CCc4ccccc43)CC2)cs1. The molecule has 1 amide bonds. The van der Waals surface area contributed by atoms with Crippen LogP contribution in [0, 0.1) is 12.8 Å². The van der Waals surface area contributed by atoms with Gasteiger partial charge in [-0.3, -0.25) is 14.0 Å². The number of aromatic nitrogens is 1. The van der Waals surface area contributed by atoms with E-state index in [4.69, 9.17) is 0 Å². The molecule has 0 unspecified atom stereocenters. The van der Waals surface area contributed by atoms with Gasteiger partial charge in [0.25, 0.3) is 0 Å². The zero-order valence-electron chi connectivity index (χ0n) is 17.2. The van der Waals surface area contributed by atoms with Gasteiger partial charge in [0, 0.05) is 30.9 Å². The summed E-state index contributed by atoms with van der Waals surface area (Å²) < 4.78 is 26.9. The molecule has 3 heterocycles. The minimum Gasteiger partial charge on any atom is -0.355 e. The molecule has 2 aliphatic heterocycles. The molecule has 2 aromatic rings. The first kappa shape index (κ1) is 21.3. The Hall–Kier alpha value is -1.97. The number of rotatable bonds is 7. The molecule has 30 heavy (non-hydrogen) atoms. The Morgan fingerprint density at radius 2 is 2.00 bits per heavy atom. The highest BCUT2D eigenvalue weighted by Gasteiger charge is 2.30. The summed E-state index contributed by atoms with van der Waals surface area (Å²) in [6, 6.07) is 7.60. The van der Waals surface area contributed by atoms with E-state index in [1.54, 1.807) is 11.3 Å². The maximum Gasteiger partial charge on any atom is 0.236 e. The second-order valence-corrected chi connectivity index (χ2v) is 11.0. The fraction of sp³-hybridized carbons (Fsp3) is 0.524. The normalized spacial score (nSPS) is 17.8. The minimum absolute atomic E-state index is 0.0313. The van der Waals surface area contributed by atoms with Gasteiger partial charge in [-0.15, -0.1) is 11.3 Å². The zero-order chi connectivity index (χ0) is 21.1. The van der Waals surface area contributed by atoms with Crippen molar-refractivity contribution in [3.63, 3.8) is 0 Å². The fourth-order valence-corrected chi connectivity index (χ4v) is 6.25. The third-order valence-electron chi connectivity index (χ3n) is 5.85. The number of aryl methyl sites for hydroxylation is 1. The number of piperidine rings is 1. The Bertz CT molecular complexity index is 997. The van der Waals surface area contributed by atoms with Crippen molar-refractivity contribution in [2.75, 3.05) is 36.2 Å². The summed E-state index contributed by atoms with van der Waals surface area (Å²) in [5, 5.41) is 6.02. The first-order valence-electron chi connectivity index (χ1n) is 10.4. The van der Waals surface area contributed by atoms with Gasteiger partial charge >= 0.3 is 0 Å². The molecule has 1 fully saturated rings. The lowest BCUT2D eigenvalue weighted by atomic mass is 9.96. The number of para-hydroxylation sites is 1. The summed E-state index contributed by atoms with van der Waals surface area (Å²) in [4.78, 5) is 19.4. The quantitative estimate of drug-likeness (QED) is 0.702. The predicted octanol–water partition coefficient (Wildman–Crippen LogP) is 2.17. The van der Waals surface area contributed by atoms with Gasteiger partial charge in [-0.25, -0.2) is 13.4 Å². The molecule has 2 aliphatic rings. The van der Waals surface area contributed by atoms with Crippen LogP contribution in [0.3, 0.4) is 0 Å². The molecule has 1 saturated heterocycles. The van der Waals surface area contributed by atoms with Gasteiger partial charge in [-0.05, 0) is 50.9 Å². The Balaban J connectivity index is 1.22. The molecule has 0 radical (unpaired) electrons. The van der Waals surface area contributed by atoms with Crippen LogP contribution in [0.25, 0.3) is 0 Å². The summed E-state index contributed by atoms with van der Waals surface area (Å²) >= 11 is 1.66. The smallest absolute Gasteiger partial charge is 0.236 e. The van der Waals surface area contributed by atoms with Crippen LogP contribution in [0.4, 0.5) is 5.69 Å². The van der Waals surface area contributed by atoms with Gasteiger partial charge in [-0.2, -0.15) is 0 Å². The standard InChI is InChI=1S/C21H28N4O3S2/c1-16-23-19(15-29-16)14-24-10-6-18(7-11-24)21(26)22-9-13-30(27,28)25-12-8-17-4-2-3-5-20(17)25/h2-5,15,18H,6-14H2,1H3,(H,22,26). The molecular weight excluding hydrogens is 420 g/mol. The van der Waals surface area contributed by atoms with Crippen LogP contribution in [0.1, 0.15) is 29.1 Å². The number of likely N-dealkylation sites (tertiary alicyclic amines) is 1. The highest BCUT2D eigenvalue weighted by Crippen LogP contribution is 2.29. The van der Waals surface area contributed by atoms with Crippen LogP contribution in [-0.4, -0.2) is 56.1 Å². The highest BCUT2D eigenvalue weighted by molar-refractivity contribution is 7.92. The van der Waals surface area contributed by atoms with Gasteiger partial charge in [0.1, 0.15) is 0 Å². The van der Waals surface area contributed by atoms with Crippen LogP contribution in [0.15, 0.2) is 29.6 Å². The molecule has 0 aliphatic carbocycles. The summed E-state index contributed by atoms with van der Waals surface area (Å²) in [5.74, 6) is -0.153. The number of carbonyl (C=O) groups is 1. The second kappa shape index (κ2) is 9.03. The second-order valence-electron chi connectivity index (χ2n) is 7.97. The first-order chi connectivity index (χ1) is 14.4. The van der Waals surface area contributed by atoms with E-state index in [2.05, 4.69) is 20.6 Å². The number of benzene rings is 1. The largest absolute Gasteiger partial charge is 0.355 e. The number of fused-ring (bicyclic) bond motifs is 1. The summed E-state index contributed by atoms with van der Waals surface area (Å²) in [7, 11) is -3.44. The van der Waals surface area contributed by atoms with E-state index in [0.29, 0.717) is 6.54 Å². The van der Waals surface area contributed by atoms with Crippen LogP contribution < -0.4 is 9.62 Å². The monoisotopic (exact) mass is 448 g/mol. The van der Waals surface area contributed by atoms with Crippen LogP contribution in [-0.2, 0) is 27.8 Å². The molecule has 0 bridgehead atoms. The third kappa shape index (κ3) is 4.84. The number of nitrogens with zero attached hydrogens (tertiary/aromatic N) is 3. The first-order valence-corrected chi connectivity index (χ1v) is 12.9. The Morgan fingerprint density at radius 1 is 1.23 bits per heavy atom. The molecule has 1 aromatic heterocycles. The van der Waals surface area contributed by atoms with E-state index in [1.165, 1.54) is 4.31 Å². The van der Waals surface area contributed by atoms with Crippen molar-refractivity contribution in [3.05, 3.63) is 45.9 Å².